The molecule has 8 heteroatoms. The van der Waals surface area contributed by atoms with Crippen LogP contribution in [0.25, 0.3) is 0 Å². The molecule has 0 spiro atoms. The molecule has 2 unspecified atom stereocenters. The van der Waals surface area contributed by atoms with Crippen LogP contribution >= 0.6 is 0 Å². The summed E-state index contributed by atoms with van der Waals surface area (Å²) in [6, 6.07) is -0.971. The molecule has 7 nitrogen and oxygen atoms in total. The predicted molar refractivity (Wildman–Crippen MR) is 76.2 cm³/mol. The number of carboxylic acid groups (broad SMARTS) is 1. The van der Waals surface area contributed by atoms with Crippen molar-refractivity contribution in [1.29, 1.82) is 0 Å². The van der Waals surface area contributed by atoms with E-state index < -0.39 is 22.0 Å². The van der Waals surface area contributed by atoms with Crippen LogP contribution in [0.4, 0.5) is 0 Å². The molecule has 0 bridgehead atoms. The van der Waals surface area contributed by atoms with Gasteiger partial charge in [0.05, 0.1) is 12.7 Å². The average molecular weight is 318 g/mol. The van der Waals surface area contributed by atoms with E-state index in [-0.39, 0.29) is 18.4 Å². The van der Waals surface area contributed by atoms with Crippen LogP contribution in [0, 0.1) is 0 Å². The zero-order chi connectivity index (χ0) is 15.6. The number of carbonyl (C=O) groups excluding carboxylic acids is 1. The zero-order valence-electron chi connectivity index (χ0n) is 12.2. The summed E-state index contributed by atoms with van der Waals surface area (Å²) in [6.07, 6.45) is 4.59. The topological polar surface area (TPSA) is 95.0 Å². The molecule has 0 aromatic rings. The highest BCUT2D eigenvalue weighted by Gasteiger charge is 2.40. The first-order valence-corrected chi connectivity index (χ1v) is 9.14. The first kappa shape index (κ1) is 16.2. The molecule has 2 saturated heterocycles. The number of carbonyl (C=O) groups is 2. The van der Waals surface area contributed by atoms with Gasteiger partial charge in [-0.25, -0.2) is 8.42 Å². The molecule has 2 fully saturated rings. The van der Waals surface area contributed by atoms with Crippen molar-refractivity contribution < 1.29 is 23.1 Å². The molecular formula is C13H22N2O5S. The summed E-state index contributed by atoms with van der Waals surface area (Å²) in [7, 11) is -3.42. The number of nitrogens with zero attached hydrogens (tertiary/aromatic N) is 2. The maximum absolute atomic E-state index is 12.7. The van der Waals surface area contributed by atoms with Gasteiger partial charge in [0.1, 0.15) is 6.04 Å². The van der Waals surface area contributed by atoms with Crippen LogP contribution in [-0.4, -0.2) is 66.0 Å². The molecule has 0 aromatic carbocycles. The quantitative estimate of drug-likeness (QED) is 0.802. The molecule has 0 saturated carbocycles. The molecule has 2 rings (SSSR count). The predicted octanol–water partition coefficient (Wildman–Crippen LogP) is 0.266. The van der Waals surface area contributed by atoms with E-state index in [0.29, 0.717) is 25.9 Å². The molecule has 1 N–H and O–H groups in total. The fourth-order valence-corrected chi connectivity index (χ4v) is 4.40. The number of amides is 1. The largest absolute Gasteiger partial charge is 0.481 e. The number of piperidine rings is 1. The van der Waals surface area contributed by atoms with Crippen LogP contribution < -0.4 is 0 Å². The monoisotopic (exact) mass is 318 g/mol. The summed E-state index contributed by atoms with van der Waals surface area (Å²) in [5.41, 5.74) is 0. The highest BCUT2D eigenvalue weighted by molar-refractivity contribution is 7.88. The van der Waals surface area contributed by atoms with Crippen LogP contribution in [0.1, 0.15) is 38.5 Å². The summed E-state index contributed by atoms with van der Waals surface area (Å²) in [6.45, 7) is 0.886. The van der Waals surface area contributed by atoms with Crippen molar-refractivity contribution in [1.82, 2.24) is 9.21 Å². The van der Waals surface area contributed by atoms with Crippen LogP contribution in [0.15, 0.2) is 0 Å². The fourth-order valence-electron chi connectivity index (χ4n) is 3.28. The van der Waals surface area contributed by atoms with E-state index in [2.05, 4.69) is 0 Å². The molecule has 2 heterocycles. The molecule has 1 amide bonds. The lowest BCUT2D eigenvalue weighted by molar-refractivity contribution is -0.141. The van der Waals surface area contributed by atoms with Crippen LogP contribution in [0.2, 0.25) is 0 Å². The first-order chi connectivity index (χ1) is 9.80. The molecular weight excluding hydrogens is 296 g/mol. The van der Waals surface area contributed by atoms with Crippen LogP contribution in [-0.2, 0) is 19.6 Å². The number of sulfonamides is 1. The van der Waals surface area contributed by atoms with E-state index in [1.165, 1.54) is 4.31 Å². The Morgan fingerprint density at radius 1 is 1.14 bits per heavy atom. The Labute approximate surface area is 125 Å². The van der Waals surface area contributed by atoms with Gasteiger partial charge < -0.3 is 10.0 Å². The standard InChI is InChI=1S/C13H22N2O5S/c1-21(19,20)15-8-3-2-6-11(15)13(18)14-7-4-5-10(14)9-12(16)17/h10-11H,2-9H2,1H3,(H,16,17). The van der Waals surface area contributed by atoms with Gasteiger partial charge in [-0.15, -0.1) is 0 Å². The van der Waals surface area contributed by atoms with Crippen molar-refractivity contribution in [2.45, 2.75) is 50.6 Å². The highest BCUT2D eigenvalue weighted by Crippen LogP contribution is 2.27. The minimum absolute atomic E-state index is 0.0721. The first-order valence-electron chi connectivity index (χ1n) is 7.30. The molecule has 0 radical (unpaired) electrons. The molecule has 0 aromatic heterocycles. The van der Waals surface area contributed by atoms with Gasteiger partial charge in [0.2, 0.25) is 15.9 Å². The smallest absolute Gasteiger partial charge is 0.305 e. The number of carboxylic acids is 1. The molecule has 2 aliphatic heterocycles. The Morgan fingerprint density at radius 2 is 1.86 bits per heavy atom. The molecule has 21 heavy (non-hydrogen) atoms. The minimum atomic E-state index is -3.42. The van der Waals surface area contributed by atoms with Gasteiger partial charge >= 0.3 is 5.97 Å². The lowest BCUT2D eigenvalue weighted by atomic mass is 10.0. The summed E-state index contributed by atoms with van der Waals surface area (Å²) in [4.78, 5) is 25.1. The van der Waals surface area contributed by atoms with E-state index in [0.717, 1.165) is 25.5 Å². The number of likely N-dealkylation sites (tertiary alicyclic amines) is 1. The average Bonchev–Trinajstić information content (AvgIpc) is 2.84. The normalized spacial score (nSPS) is 27.8. The third kappa shape index (κ3) is 3.74. The van der Waals surface area contributed by atoms with Crippen molar-refractivity contribution in [2.24, 2.45) is 0 Å². The third-order valence-corrected chi connectivity index (χ3v) is 5.52. The Balaban J connectivity index is 2.15. The number of rotatable bonds is 4. The van der Waals surface area contributed by atoms with Crippen molar-refractivity contribution in [2.75, 3.05) is 19.3 Å². The minimum Gasteiger partial charge on any atom is -0.481 e. The van der Waals surface area contributed by atoms with Gasteiger partial charge in [-0.2, -0.15) is 4.31 Å². The van der Waals surface area contributed by atoms with Crippen molar-refractivity contribution >= 4 is 21.9 Å². The molecule has 0 aliphatic carbocycles. The number of hydrogen-bond acceptors (Lipinski definition) is 4. The van der Waals surface area contributed by atoms with Gasteiger partial charge in [-0.3, -0.25) is 9.59 Å². The molecule has 120 valence electrons. The summed E-state index contributed by atoms with van der Waals surface area (Å²) in [5.74, 6) is -1.16. The SMILES string of the molecule is CS(=O)(=O)N1CCCCC1C(=O)N1CCCC1CC(=O)O. The summed E-state index contributed by atoms with van der Waals surface area (Å²) < 4.78 is 24.9. The van der Waals surface area contributed by atoms with E-state index in [1.54, 1.807) is 4.90 Å². The third-order valence-electron chi connectivity index (χ3n) is 4.24. The lowest BCUT2D eigenvalue weighted by Gasteiger charge is -2.36. The second-order valence-electron chi connectivity index (χ2n) is 5.81. The maximum atomic E-state index is 12.7. The summed E-state index contributed by atoms with van der Waals surface area (Å²) >= 11 is 0. The Bertz CT molecular complexity index is 519. The van der Waals surface area contributed by atoms with Gasteiger partial charge in [0.25, 0.3) is 0 Å². The van der Waals surface area contributed by atoms with Crippen molar-refractivity contribution in [3.8, 4) is 0 Å². The molecule has 2 aliphatic rings. The van der Waals surface area contributed by atoms with Crippen molar-refractivity contribution in [3.63, 3.8) is 0 Å². The zero-order valence-corrected chi connectivity index (χ0v) is 13.0. The van der Waals surface area contributed by atoms with Crippen LogP contribution in [0.5, 0.6) is 0 Å². The number of aliphatic carboxylic acids is 1. The Morgan fingerprint density at radius 3 is 2.48 bits per heavy atom. The van der Waals surface area contributed by atoms with Crippen molar-refractivity contribution in [3.05, 3.63) is 0 Å². The lowest BCUT2D eigenvalue weighted by Crippen LogP contribution is -2.53. The Kier molecular flexibility index (Phi) is 4.88. The van der Waals surface area contributed by atoms with E-state index in [1.807, 2.05) is 0 Å². The van der Waals surface area contributed by atoms with E-state index in [9.17, 15) is 18.0 Å². The fraction of sp³-hybridized carbons (Fsp3) is 0.846. The van der Waals surface area contributed by atoms with E-state index in [4.69, 9.17) is 5.11 Å². The maximum Gasteiger partial charge on any atom is 0.305 e. The van der Waals surface area contributed by atoms with Gasteiger partial charge in [-0.05, 0) is 25.7 Å². The van der Waals surface area contributed by atoms with Gasteiger partial charge in [-0.1, -0.05) is 6.42 Å². The summed E-state index contributed by atoms with van der Waals surface area (Å²) in [5, 5.41) is 8.92. The molecule has 2 atom stereocenters. The number of hydrogen-bond donors (Lipinski definition) is 1. The Hall–Kier alpha value is -1.15. The van der Waals surface area contributed by atoms with Crippen LogP contribution in [0.3, 0.4) is 0 Å². The van der Waals surface area contributed by atoms with E-state index >= 15 is 0 Å². The van der Waals surface area contributed by atoms with Gasteiger partial charge in [0, 0.05) is 19.1 Å². The highest BCUT2D eigenvalue weighted by atomic mass is 32.2. The second-order valence-corrected chi connectivity index (χ2v) is 7.75. The van der Waals surface area contributed by atoms with Gasteiger partial charge in [0.15, 0.2) is 0 Å². The second kappa shape index (κ2) is 6.31.